The standard InChI is InChI=1S/C13H27ClN2O/c1-2-16-9-10-17-13(12-16)11-15-8-6-4-3-5-7-14/h13,15H,2-12H2,1H3. The highest BCUT2D eigenvalue weighted by Crippen LogP contribution is 2.04. The number of hydrogen-bond donors (Lipinski definition) is 1. The maximum absolute atomic E-state index is 5.73. The topological polar surface area (TPSA) is 24.5 Å². The summed E-state index contributed by atoms with van der Waals surface area (Å²) in [7, 11) is 0. The Bertz CT molecular complexity index is 181. The van der Waals surface area contributed by atoms with E-state index in [1.54, 1.807) is 0 Å². The van der Waals surface area contributed by atoms with Crippen LogP contribution in [0.15, 0.2) is 0 Å². The van der Waals surface area contributed by atoms with E-state index in [1.165, 1.54) is 19.3 Å². The van der Waals surface area contributed by atoms with Gasteiger partial charge in [-0.15, -0.1) is 11.6 Å². The summed E-state index contributed by atoms with van der Waals surface area (Å²) in [5.74, 6) is 0.802. The van der Waals surface area contributed by atoms with Gasteiger partial charge in [-0.05, 0) is 25.9 Å². The predicted molar refractivity (Wildman–Crippen MR) is 73.9 cm³/mol. The second-order valence-corrected chi connectivity index (χ2v) is 5.07. The van der Waals surface area contributed by atoms with Crippen molar-refractivity contribution >= 4 is 11.6 Å². The van der Waals surface area contributed by atoms with E-state index >= 15 is 0 Å². The average Bonchev–Trinajstić information content (AvgIpc) is 2.38. The molecule has 0 spiro atoms. The van der Waals surface area contributed by atoms with E-state index in [0.717, 1.165) is 51.6 Å². The average molecular weight is 263 g/mol. The molecule has 1 unspecified atom stereocenters. The van der Waals surface area contributed by atoms with Gasteiger partial charge < -0.3 is 10.1 Å². The maximum Gasteiger partial charge on any atom is 0.0826 e. The summed E-state index contributed by atoms with van der Waals surface area (Å²) in [5, 5.41) is 3.49. The third-order valence-corrected chi connectivity index (χ3v) is 3.55. The number of hydrogen-bond acceptors (Lipinski definition) is 3. The quantitative estimate of drug-likeness (QED) is 0.509. The highest BCUT2D eigenvalue weighted by molar-refractivity contribution is 6.17. The first-order valence-electron chi connectivity index (χ1n) is 6.97. The molecule has 0 bridgehead atoms. The molecule has 0 saturated carbocycles. The molecule has 1 saturated heterocycles. The Morgan fingerprint density at radius 2 is 2.12 bits per heavy atom. The highest BCUT2D eigenvalue weighted by atomic mass is 35.5. The summed E-state index contributed by atoms with van der Waals surface area (Å²) in [6, 6.07) is 0. The lowest BCUT2D eigenvalue weighted by Gasteiger charge is -2.32. The largest absolute Gasteiger partial charge is 0.374 e. The second-order valence-electron chi connectivity index (χ2n) is 4.69. The second kappa shape index (κ2) is 10.1. The Labute approximate surface area is 111 Å². The van der Waals surface area contributed by atoms with Crippen LogP contribution in [0.1, 0.15) is 32.6 Å². The van der Waals surface area contributed by atoms with Gasteiger partial charge in [0.05, 0.1) is 12.7 Å². The summed E-state index contributed by atoms with van der Waals surface area (Å²) in [5.41, 5.74) is 0. The molecule has 1 atom stereocenters. The van der Waals surface area contributed by atoms with Gasteiger partial charge in [0.2, 0.25) is 0 Å². The molecule has 1 rings (SSSR count). The summed E-state index contributed by atoms with van der Waals surface area (Å²) >= 11 is 5.63. The van der Waals surface area contributed by atoms with Gasteiger partial charge in [-0.1, -0.05) is 19.8 Å². The lowest BCUT2D eigenvalue weighted by Crippen LogP contribution is -2.46. The van der Waals surface area contributed by atoms with Gasteiger partial charge in [0.25, 0.3) is 0 Å². The molecule has 0 aromatic rings. The minimum absolute atomic E-state index is 0.381. The van der Waals surface area contributed by atoms with Crippen LogP contribution in [0.4, 0.5) is 0 Å². The SMILES string of the molecule is CCN1CCOC(CNCCCCCCCl)C1. The zero-order valence-electron chi connectivity index (χ0n) is 11.1. The Morgan fingerprint density at radius 3 is 2.88 bits per heavy atom. The molecule has 102 valence electrons. The highest BCUT2D eigenvalue weighted by Gasteiger charge is 2.18. The third kappa shape index (κ3) is 7.24. The van der Waals surface area contributed by atoms with Gasteiger partial charge in [0, 0.05) is 25.5 Å². The van der Waals surface area contributed by atoms with Gasteiger partial charge in [0.1, 0.15) is 0 Å². The molecule has 0 aliphatic carbocycles. The van der Waals surface area contributed by atoms with Crippen molar-refractivity contribution < 1.29 is 4.74 Å². The molecular formula is C13H27ClN2O. The fourth-order valence-corrected chi connectivity index (χ4v) is 2.34. The van der Waals surface area contributed by atoms with Crippen molar-refractivity contribution in [1.82, 2.24) is 10.2 Å². The maximum atomic E-state index is 5.73. The van der Waals surface area contributed by atoms with Crippen molar-refractivity contribution in [3.63, 3.8) is 0 Å². The van der Waals surface area contributed by atoms with Crippen molar-refractivity contribution in [2.75, 3.05) is 45.2 Å². The van der Waals surface area contributed by atoms with Crippen LogP contribution in [0.25, 0.3) is 0 Å². The first-order chi connectivity index (χ1) is 8.36. The van der Waals surface area contributed by atoms with Crippen molar-refractivity contribution in [3.05, 3.63) is 0 Å². The normalized spacial score (nSPS) is 21.9. The van der Waals surface area contributed by atoms with Crippen LogP contribution in [0.5, 0.6) is 0 Å². The van der Waals surface area contributed by atoms with Crippen molar-refractivity contribution in [1.29, 1.82) is 0 Å². The van der Waals surface area contributed by atoms with E-state index in [1.807, 2.05) is 0 Å². The molecule has 0 amide bonds. The van der Waals surface area contributed by atoms with Gasteiger partial charge in [-0.2, -0.15) is 0 Å². The fourth-order valence-electron chi connectivity index (χ4n) is 2.15. The van der Waals surface area contributed by atoms with Crippen LogP contribution < -0.4 is 5.32 Å². The van der Waals surface area contributed by atoms with Crippen LogP contribution in [-0.4, -0.2) is 56.2 Å². The zero-order valence-corrected chi connectivity index (χ0v) is 11.8. The number of nitrogens with zero attached hydrogens (tertiary/aromatic N) is 1. The summed E-state index contributed by atoms with van der Waals surface area (Å²) < 4.78 is 5.73. The molecular weight excluding hydrogens is 236 g/mol. The van der Waals surface area contributed by atoms with E-state index in [9.17, 15) is 0 Å². The van der Waals surface area contributed by atoms with E-state index < -0.39 is 0 Å². The lowest BCUT2D eigenvalue weighted by atomic mass is 10.2. The Balaban J connectivity index is 1.91. The number of likely N-dealkylation sites (N-methyl/N-ethyl adjacent to an activating group) is 1. The summed E-state index contributed by atoms with van der Waals surface area (Å²) in [6.07, 6.45) is 5.33. The molecule has 3 nitrogen and oxygen atoms in total. The number of morpholine rings is 1. The third-order valence-electron chi connectivity index (χ3n) is 3.28. The Morgan fingerprint density at radius 1 is 1.29 bits per heavy atom. The molecule has 0 aromatic heterocycles. The molecule has 17 heavy (non-hydrogen) atoms. The van der Waals surface area contributed by atoms with Crippen LogP contribution in [-0.2, 0) is 4.74 Å². The number of halogens is 1. The van der Waals surface area contributed by atoms with Crippen LogP contribution in [0.3, 0.4) is 0 Å². The van der Waals surface area contributed by atoms with E-state index in [0.29, 0.717) is 6.10 Å². The van der Waals surface area contributed by atoms with Gasteiger partial charge in [0.15, 0.2) is 0 Å². The van der Waals surface area contributed by atoms with Crippen LogP contribution in [0.2, 0.25) is 0 Å². The van der Waals surface area contributed by atoms with Gasteiger partial charge in [-0.3, -0.25) is 4.90 Å². The van der Waals surface area contributed by atoms with E-state index in [4.69, 9.17) is 16.3 Å². The number of rotatable bonds is 9. The van der Waals surface area contributed by atoms with E-state index in [-0.39, 0.29) is 0 Å². The first-order valence-corrected chi connectivity index (χ1v) is 7.51. The van der Waals surface area contributed by atoms with Crippen molar-refractivity contribution in [2.24, 2.45) is 0 Å². The van der Waals surface area contributed by atoms with Crippen LogP contribution in [0, 0.1) is 0 Å². The minimum Gasteiger partial charge on any atom is -0.374 e. The van der Waals surface area contributed by atoms with E-state index in [2.05, 4.69) is 17.1 Å². The van der Waals surface area contributed by atoms with Gasteiger partial charge in [-0.25, -0.2) is 0 Å². The van der Waals surface area contributed by atoms with Crippen molar-refractivity contribution in [3.8, 4) is 0 Å². The Hall–Kier alpha value is 0.170. The molecule has 0 radical (unpaired) electrons. The number of ether oxygens (including phenoxy) is 1. The van der Waals surface area contributed by atoms with Crippen LogP contribution >= 0.6 is 11.6 Å². The molecule has 1 fully saturated rings. The molecule has 1 N–H and O–H groups in total. The molecule has 1 aliphatic rings. The minimum atomic E-state index is 0.381. The lowest BCUT2D eigenvalue weighted by molar-refractivity contribution is -0.0251. The number of alkyl halides is 1. The summed E-state index contributed by atoms with van der Waals surface area (Å²) in [6.45, 7) is 8.50. The van der Waals surface area contributed by atoms with Gasteiger partial charge >= 0.3 is 0 Å². The monoisotopic (exact) mass is 262 g/mol. The number of unbranched alkanes of at least 4 members (excludes halogenated alkanes) is 3. The van der Waals surface area contributed by atoms with Crippen molar-refractivity contribution in [2.45, 2.75) is 38.7 Å². The zero-order chi connectivity index (χ0) is 12.3. The molecule has 4 heteroatoms. The fraction of sp³-hybridized carbons (Fsp3) is 1.00. The predicted octanol–water partition coefficient (Wildman–Crippen LogP) is 2.10. The molecule has 0 aromatic carbocycles. The molecule has 1 aliphatic heterocycles. The molecule has 1 heterocycles. The smallest absolute Gasteiger partial charge is 0.0826 e. The first kappa shape index (κ1) is 15.2. The summed E-state index contributed by atoms with van der Waals surface area (Å²) in [4.78, 5) is 2.45. The number of nitrogens with one attached hydrogen (secondary N) is 1. The Kier molecular flexibility index (Phi) is 9.07.